The third kappa shape index (κ3) is 4.83. The van der Waals surface area contributed by atoms with E-state index in [1.165, 1.54) is 0 Å². The van der Waals surface area contributed by atoms with Gasteiger partial charge in [-0.3, -0.25) is 0 Å². The molecule has 3 heterocycles. The van der Waals surface area contributed by atoms with E-state index in [1.54, 1.807) is 0 Å². The molecule has 3 aromatic heterocycles. The number of fused-ring (bicyclic) bond motifs is 8. The Labute approximate surface area is 309 Å². The van der Waals surface area contributed by atoms with Gasteiger partial charge in [-0.1, -0.05) is 121 Å². The summed E-state index contributed by atoms with van der Waals surface area (Å²) in [6, 6.07) is 62.6. The molecule has 0 fully saturated rings. The lowest BCUT2D eigenvalue weighted by molar-refractivity contribution is 0.619. The first-order valence-electron chi connectivity index (χ1n) is 18.0. The Morgan fingerprint density at radius 1 is 0.389 bits per heavy atom. The lowest BCUT2D eigenvalue weighted by Crippen LogP contribution is -2.10. The van der Waals surface area contributed by atoms with Gasteiger partial charge >= 0.3 is 0 Å². The molecule has 0 saturated carbocycles. The van der Waals surface area contributed by atoms with E-state index < -0.39 is 0 Å². The molecule has 0 atom stereocenters. The summed E-state index contributed by atoms with van der Waals surface area (Å²) in [6.07, 6.45) is 0. The minimum Gasteiger partial charge on any atom is -0.456 e. The molecule has 0 amide bonds. The third-order valence-electron chi connectivity index (χ3n) is 10.3. The van der Waals surface area contributed by atoms with Crippen LogP contribution in [0.1, 0.15) is 0 Å². The van der Waals surface area contributed by atoms with Crippen molar-refractivity contribution < 1.29 is 13.3 Å². The van der Waals surface area contributed by atoms with Gasteiger partial charge in [0.1, 0.15) is 27.8 Å². The summed E-state index contributed by atoms with van der Waals surface area (Å²) in [4.78, 5) is 7.46. The Kier molecular flexibility index (Phi) is 6.79. The van der Waals surface area contributed by atoms with Crippen molar-refractivity contribution in [2.24, 2.45) is 0 Å². The summed E-state index contributed by atoms with van der Waals surface area (Å²) in [7, 11) is 0. The lowest BCUT2D eigenvalue weighted by atomic mass is 9.93. The van der Waals surface area contributed by atoms with Gasteiger partial charge in [0.05, 0.1) is 11.1 Å². The fraction of sp³-hybridized carbons (Fsp3) is 0. The van der Waals surface area contributed by atoms with Crippen LogP contribution in [-0.2, 0) is 0 Å². The van der Waals surface area contributed by atoms with Gasteiger partial charge in [0.15, 0.2) is 5.58 Å². The van der Waals surface area contributed by atoms with E-state index in [9.17, 15) is 0 Å². The zero-order valence-corrected chi connectivity index (χ0v) is 28.9. The maximum atomic E-state index is 6.87. The maximum Gasteiger partial charge on any atom is 0.227 e. The number of anilines is 3. The minimum absolute atomic E-state index is 0.547. The van der Waals surface area contributed by atoms with Crippen LogP contribution < -0.4 is 4.90 Å². The fourth-order valence-electron chi connectivity index (χ4n) is 7.81. The summed E-state index contributed by atoms with van der Waals surface area (Å²) in [5.74, 6) is 0.547. The highest BCUT2D eigenvalue weighted by atomic mass is 16.4. The zero-order chi connectivity index (χ0) is 35.6. The predicted octanol–water partition coefficient (Wildman–Crippen LogP) is 14.1. The molecule has 5 nitrogen and oxygen atoms in total. The smallest absolute Gasteiger partial charge is 0.227 e. The first kappa shape index (κ1) is 30.3. The second kappa shape index (κ2) is 12.1. The Balaban J connectivity index is 1.24. The van der Waals surface area contributed by atoms with Crippen LogP contribution in [0.5, 0.6) is 0 Å². The molecule has 5 heteroatoms. The molecule has 0 bridgehead atoms. The van der Waals surface area contributed by atoms with Crippen LogP contribution in [0.4, 0.5) is 17.1 Å². The van der Waals surface area contributed by atoms with Crippen molar-refractivity contribution in [3.05, 3.63) is 182 Å². The second-order valence-corrected chi connectivity index (χ2v) is 13.5. The van der Waals surface area contributed by atoms with E-state index >= 15 is 0 Å². The number of benzene rings is 8. The predicted molar refractivity (Wildman–Crippen MR) is 220 cm³/mol. The first-order chi connectivity index (χ1) is 26.8. The van der Waals surface area contributed by atoms with Gasteiger partial charge in [-0.25, -0.2) is 4.98 Å². The fourth-order valence-corrected chi connectivity index (χ4v) is 7.81. The van der Waals surface area contributed by atoms with Crippen molar-refractivity contribution in [3.63, 3.8) is 0 Å². The first-order valence-corrected chi connectivity index (χ1v) is 18.0. The minimum atomic E-state index is 0.547. The van der Waals surface area contributed by atoms with Crippen LogP contribution in [0, 0.1) is 0 Å². The largest absolute Gasteiger partial charge is 0.456 e. The van der Waals surface area contributed by atoms with Crippen molar-refractivity contribution in [3.8, 4) is 33.7 Å². The van der Waals surface area contributed by atoms with Crippen LogP contribution in [0.2, 0.25) is 0 Å². The molecule has 54 heavy (non-hydrogen) atoms. The molecule has 254 valence electrons. The summed E-state index contributed by atoms with van der Waals surface area (Å²) < 4.78 is 19.8. The molecule has 0 spiro atoms. The molecule has 0 aliphatic heterocycles. The van der Waals surface area contributed by atoms with E-state index in [1.807, 2.05) is 60.7 Å². The highest BCUT2D eigenvalue weighted by Crippen LogP contribution is 2.48. The average molecular weight is 695 g/mol. The lowest BCUT2D eigenvalue weighted by Gasteiger charge is -2.27. The average Bonchev–Trinajstić information content (AvgIpc) is 3.95. The van der Waals surface area contributed by atoms with E-state index in [0.717, 1.165) is 94.3 Å². The van der Waals surface area contributed by atoms with Gasteiger partial charge in [0.2, 0.25) is 5.89 Å². The van der Waals surface area contributed by atoms with Crippen molar-refractivity contribution in [2.45, 2.75) is 0 Å². The Hall–Kier alpha value is -7.37. The Morgan fingerprint density at radius 2 is 0.944 bits per heavy atom. The molecule has 11 rings (SSSR count). The molecular weight excluding hydrogens is 665 g/mol. The number of aromatic nitrogens is 1. The number of rotatable bonds is 6. The van der Waals surface area contributed by atoms with Gasteiger partial charge < -0.3 is 18.2 Å². The van der Waals surface area contributed by atoms with E-state index in [4.69, 9.17) is 18.2 Å². The standard InChI is InChI=1S/C49H30N2O3/c1-4-14-31(15-5-1)36-26-24-34(28-39(36)32-16-6-2-7-17-32)51(35-25-27-44-40(29-35)37-20-10-12-22-42(37)52-44)41-30-45-46(38-21-11-13-23-43(38)53-45)47-48(41)54-49(50-47)33-18-8-3-9-19-33/h1-30H. The highest BCUT2D eigenvalue weighted by Gasteiger charge is 2.26. The van der Waals surface area contributed by atoms with Gasteiger partial charge in [-0.05, 0) is 76.9 Å². The molecule has 8 aromatic carbocycles. The SMILES string of the molecule is c1ccc(-c2nc3c(o2)c(N(c2ccc(-c4ccccc4)c(-c4ccccc4)c2)c2ccc4oc5ccccc5c4c2)cc2oc4ccccc4c23)cc1. The molecule has 0 N–H and O–H groups in total. The zero-order valence-electron chi connectivity index (χ0n) is 28.9. The van der Waals surface area contributed by atoms with Crippen LogP contribution >= 0.6 is 0 Å². The summed E-state index contributed by atoms with van der Waals surface area (Å²) in [5, 5.41) is 4.01. The van der Waals surface area contributed by atoms with Crippen LogP contribution in [0.3, 0.4) is 0 Å². The Bertz CT molecular complexity index is 3160. The van der Waals surface area contributed by atoms with Gasteiger partial charge in [0.25, 0.3) is 0 Å². The molecule has 0 unspecified atom stereocenters. The topological polar surface area (TPSA) is 55.6 Å². The van der Waals surface area contributed by atoms with Gasteiger partial charge in [-0.15, -0.1) is 0 Å². The summed E-state index contributed by atoms with van der Waals surface area (Å²) in [6.45, 7) is 0. The molecule has 0 saturated heterocycles. The molecule has 11 aromatic rings. The van der Waals surface area contributed by atoms with Crippen LogP contribution in [0.15, 0.2) is 195 Å². The number of furan rings is 2. The van der Waals surface area contributed by atoms with E-state index in [0.29, 0.717) is 11.5 Å². The number of hydrogen-bond donors (Lipinski definition) is 0. The van der Waals surface area contributed by atoms with Crippen molar-refractivity contribution in [2.75, 3.05) is 4.90 Å². The van der Waals surface area contributed by atoms with Crippen LogP contribution in [-0.4, -0.2) is 4.98 Å². The number of para-hydroxylation sites is 2. The molecular formula is C49H30N2O3. The van der Waals surface area contributed by atoms with Crippen molar-refractivity contribution >= 4 is 72.0 Å². The summed E-state index contributed by atoms with van der Waals surface area (Å²) >= 11 is 0. The van der Waals surface area contributed by atoms with E-state index in [-0.39, 0.29) is 0 Å². The van der Waals surface area contributed by atoms with E-state index in [2.05, 4.69) is 126 Å². The normalized spacial score (nSPS) is 11.7. The number of oxazole rings is 1. The number of hydrogen-bond acceptors (Lipinski definition) is 5. The Morgan fingerprint density at radius 3 is 1.69 bits per heavy atom. The monoisotopic (exact) mass is 694 g/mol. The molecule has 0 aliphatic rings. The quantitative estimate of drug-likeness (QED) is 0.173. The van der Waals surface area contributed by atoms with Crippen molar-refractivity contribution in [1.82, 2.24) is 4.98 Å². The summed E-state index contributed by atoms with van der Waals surface area (Å²) in [5.41, 5.74) is 12.8. The highest BCUT2D eigenvalue weighted by molar-refractivity contribution is 6.20. The second-order valence-electron chi connectivity index (χ2n) is 13.5. The number of nitrogens with zero attached hydrogens (tertiary/aromatic N) is 2. The van der Waals surface area contributed by atoms with Crippen molar-refractivity contribution in [1.29, 1.82) is 0 Å². The third-order valence-corrected chi connectivity index (χ3v) is 10.3. The molecule has 0 radical (unpaired) electrons. The van der Waals surface area contributed by atoms with Gasteiger partial charge in [0, 0.05) is 39.2 Å². The van der Waals surface area contributed by atoms with Crippen LogP contribution in [0.25, 0.3) is 88.7 Å². The molecule has 0 aliphatic carbocycles. The maximum absolute atomic E-state index is 6.87. The van der Waals surface area contributed by atoms with Gasteiger partial charge in [-0.2, -0.15) is 0 Å².